The summed E-state index contributed by atoms with van der Waals surface area (Å²) < 4.78 is 40.5. The molecule has 7 nitrogen and oxygen atoms in total. The van der Waals surface area contributed by atoms with Crippen molar-refractivity contribution in [3.8, 4) is 0 Å². The van der Waals surface area contributed by atoms with Crippen LogP contribution < -0.4 is 5.01 Å². The van der Waals surface area contributed by atoms with Crippen molar-refractivity contribution in [2.24, 2.45) is 10.4 Å². The van der Waals surface area contributed by atoms with Gasteiger partial charge in [0, 0.05) is 12.6 Å². The first kappa shape index (κ1) is 18.4. The van der Waals surface area contributed by atoms with Crippen LogP contribution in [0.1, 0.15) is 39.0 Å². The van der Waals surface area contributed by atoms with E-state index in [1.54, 1.807) is 4.90 Å². The molecule has 26 heavy (non-hydrogen) atoms. The van der Waals surface area contributed by atoms with Crippen LogP contribution in [-0.2, 0) is 0 Å². The number of amides is 2. The zero-order valence-corrected chi connectivity index (χ0v) is 14.3. The molecule has 1 heterocycles. The summed E-state index contributed by atoms with van der Waals surface area (Å²) in [5.41, 5.74) is -0.517. The van der Waals surface area contributed by atoms with E-state index in [1.165, 1.54) is 0 Å². The summed E-state index contributed by atoms with van der Waals surface area (Å²) in [6.45, 7) is 2.24. The summed E-state index contributed by atoms with van der Waals surface area (Å²) in [5, 5.41) is 18.8. The lowest BCUT2D eigenvalue weighted by molar-refractivity contribution is 0.0291. The predicted octanol–water partition coefficient (Wildman–Crippen LogP) is 3.56. The summed E-state index contributed by atoms with van der Waals surface area (Å²) in [6, 6.07) is 1.10. The van der Waals surface area contributed by atoms with E-state index >= 15 is 0 Å². The molecule has 1 atom stereocenters. The number of nitrogens with zero attached hydrogens (tertiary/aromatic N) is 5. The second-order valence-electron chi connectivity index (χ2n) is 6.27. The minimum Gasteiger partial charge on any atom is -0.353 e. The van der Waals surface area contributed by atoms with Crippen molar-refractivity contribution in [2.45, 2.75) is 51.4 Å². The number of hydrogen-bond acceptors (Lipinski definition) is 5. The minimum atomic E-state index is -1.75. The molecule has 1 N–H and O–H groups in total. The standard InChI is InChI=1S/C16H20F3N5O2/c1-2-22(10-6-4-3-5-7-10)15(25)24-16(26)23(20-21-24)12-9-8-11(17)13(18)14(12)19/h8-10,16,26H,2-7H2,1H3. The molecule has 1 aromatic carbocycles. The van der Waals surface area contributed by atoms with Crippen molar-refractivity contribution in [2.75, 3.05) is 11.6 Å². The smallest absolute Gasteiger partial charge is 0.346 e. The Morgan fingerprint density at radius 2 is 1.88 bits per heavy atom. The van der Waals surface area contributed by atoms with Gasteiger partial charge in [0.15, 0.2) is 17.5 Å². The number of carbonyl (C=O) groups is 1. The third-order valence-electron chi connectivity index (χ3n) is 4.73. The number of anilines is 1. The highest BCUT2D eigenvalue weighted by molar-refractivity contribution is 5.75. The van der Waals surface area contributed by atoms with Gasteiger partial charge in [-0.25, -0.2) is 18.0 Å². The van der Waals surface area contributed by atoms with Gasteiger partial charge in [-0.05, 0) is 42.3 Å². The van der Waals surface area contributed by atoms with E-state index in [0.29, 0.717) is 22.6 Å². The Kier molecular flexibility index (Phi) is 5.30. The molecule has 1 unspecified atom stereocenters. The second kappa shape index (κ2) is 7.48. The molecule has 1 fully saturated rings. The van der Waals surface area contributed by atoms with Gasteiger partial charge in [0.25, 0.3) is 6.35 Å². The maximum absolute atomic E-state index is 13.9. The fourth-order valence-electron chi connectivity index (χ4n) is 3.36. The largest absolute Gasteiger partial charge is 0.353 e. The zero-order valence-electron chi connectivity index (χ0n) is 14.3. The van der Waals surface area contributed by atoms with E-state index in [4.69, 9.17) is 0 Å². The van der Waals surface area contributed by atoms with Crippen molar-refractivity contribution < 1.29 is 23.1 Å². The number of benzene rings is 1. The van der Waals surface area contributed by atoms with Crippen molar-refractivity contribution in [1.29, 1.82) is 0 Å². The Hall–Kier alpha value is -2.36. The first-order chi connectivity index (χ1) is 12.5. The third-order valence-corrected chi connectivity index (χ3v) is 4.73. The Morgan fingerprint density at radius 1 is 1.19 bits per heavy atom. The van der Waals surface area contributed by atoms with E-state index in [9.17, 15) is 23.1 Å². The second-order valence-corrected chi connectivity index (χ2v) is 6.27. The van der Waals surface area contributed by atoms with Crippen LogP contribution in [0.2, 0.25) is 0 Å². The lowest BCUT2D eigenvalue weighted by Gasteiger charge is -2.35. The molecule has 0 bridgehead atoms. The van der Waals surface area contributed by atoms with Crippen LogP contribution in [0.5, 0.6) is 0 Å². The highest BCUT2D eigenvalue weighted by Gasteiger charge is 2.39. The van der Waals surface area contributed by atoms with Gasteiger partial charge in [-0.2, -0.15) is 5.01 Å². The Bertz CT molecular complexity index is 711. The van der Waals surface area contributed by atoms with Crippen molar-refractivity contribution in [3.05, 3.63) is 29.6 Å². The van der Waals surface area contributed by atoms with Gasteiger partial charge in [0.2, 0.25) is 0 Å². The predicted molar refractivity (Wildman–Crippen MR) is 86.1 cm³/mol. The number of hydrogen-bond donors (Lipinski definition) is 1. The van der Waals surface area contributed by atoms with Gasteiger partial charge in [-0.1, -0.05) is 19.3 Å². The maximum atomic E-state index is 13.9. The fraction of sp³-hybridized carbons (Fsp3) is 0.562. The van der Waals surface area contributed by atoms with Gasteiger partial charge in [0.1, 0.15) is 5.69 Å². The zero-order chi connectivity index (χ0) is 18.8. The van der Waals surface area contributed by atoms with E-state index in [1.807, 2.05) is 6.92 Å². The molecular formula is C16H20F3N5O2. The number of carbonyl (C=O) groups excluding carboxylic acids is 1. The van der Waals surface area contributed by atoms with Crippen molar-refractivity contribution in [3.63, 3.8) is 0 Å². The SMILES string of the molecule is CCN(C(=O)N1N=NN(c2ccc(F)c(F)c2F)C1O)C1CCCCC1. The quantitative estimate of drug-likeness (QED) is 0.826. The molecule has 1 aliphatic heterocycles. The first-order valence-electron chi connectivity index (χ1n) is 8.58. The molecule has 0 spiro atoms. The summed E-state index contributed by atoms with van der Waals surface area (Å²) in [5.74, 6) is -4.57. The molecule has 0 saturated heterocycles. The van der Waals surface area contributed by atoms with Gasteiger partial charge >= 0.3 is 6.03 Å². The normalized spacial score (nSPS) is 20.7. The number of halogens is 3. The van der Waals surface area contributed by atoms with E-state index < -0.39 is 35.5 Å². The van der Waals surface area contributed by atoms with Crippen LogP contribution in [0, 0.1) is 17.5 Å². The number of rotatable bonds is 3. The lowest BCUT2D eigenvalue weighted by Crippen LogP contribution is -2.51. The minimum absolute atomic E-state index is 0.0395. The monoisotopic (exact) mass is 371 g/mol. The van der Waals surface area contributed by atoms with E-state index in [0.717, 1.165) is 38.2 Å². The average molecular weight is 371 g/mol. The summed E-state index contributed by atoms with van der Waals surface area (Å²) >= 11 is 0. The van der Waals surface area contributed by atoms with Crippen LogP contribution >= 0.6 is 0 Å². The fourth-order valence-corrected chi connectivity index (χ4v) is 3.36. The molecule has 142 valence electrons. The van der Waals surface area contributed by atoms with E-state index in [-0.39, 0.29) is 6.04 Å². The Balaban J connectivity index is 1.78. The van der Waals surface area contributed by atoms with Gasteiger partial charge < -0.3 is 10.0 Å². The molecule has 0 aromatic heterocycles. The molecule has 2 aliphatic rings. The highest BCUT2D eigenvalue weighted by Crippen LogP contribution is 2.30. The van der Waals surface area contributed by atoms with Gasteiger partial charge in [-0.3, -0.25) is 0 Å². The lowest BCUT2D eigenvalue weighted by atomic mass is 9.94. The van der Waals surface area contributed by atoms with Crippen LogP contribution in [0.4, 0.5) is 23.7 Å². The average Bonchev–Trinajstić information content (AvgIpc) is 3.02. The Labute approximate surface area is 148 Å². The third kappa shape index (κ3) is 3.20. The number of urea groups is 1. The summed E-state index contributed by atoms with van der Waals surface area (Å²) in [4.78, 5) is 14.3. The number of aliphatic hydroxyl groups excluding tert-OH is 1. The first-order valence-corrected chi connectivity index (χ1v) is 8.58. The molecule has 3 rings (SSSR count). The molecular weight excluding hydrogens is 351 g/mol. The molecule has 1 aliphatic carbocycles. The van der Waals surface area contributed by atoms with Crippen LogP contribution in [0.3, 0.4) is 0 Å². The maximum Gasteiger partial charge on any atom is 0.346 e. The Morgan fingerprint density at radius 3 is 2.54 bits per heavy atom. The van der Waals surface area contributed by atoms with E-state index in [2.05, 4.69) is 10.4 Å². The highest BCUT2D eigenvalue weighted by atomic mass is 19.2. The van der Waals surface area contributed by atoms with Gasteiger partial charge in [0.05, 0.1) is 0 Å². The topological polar surface area (TPSA) is 71.7 Å². The molecule has 0 radical (unpaired) electrons. The van der Waals surface area contributed by atoms with Crippen molar-refractivity contribution in [1.82, 2.24) is 9.91 Å². The molecule has 1 aromatic rings. The molecule has 2 amide bonds. The van der Waals surface area contributed by atoms with Gasteiger partial charge in [-0.15, -0.1) is 5.01 Å². The van der Waals surface area contributed by atoms with Crippen molar-refractivity contribution >= 4 is 11.7 Å². The molecule has 10 heteroatoms. The summed E-state index contributed by atoms with van der Waals surface area (Å²) in [7, 11) is 0. The van der Waals surface area contributed by atoms with Crippen LogP contribution in [-0.4, -0.2) is 40.0 Å². The van der Waals surface area contributed by atoms with Crippen LogP contribution in [0.25, 0.3) is 0 Å². The molecule has 1 saturated carbocycles. The number of aliphatic hydroxyl groups is 1. The summed E-state index contributed by atoms with van der Waals surface area (Å²) in [6.07, 6.45) is 3.14. The van der Waals surface area contributed by atoms with Crippen LogP contribution in [0.15, 0.2) is 22.6 Å².